The summed E-state index contributed by atoms with van der Waals surface area (Å²) in [7, 11) is 0. The average molecular weight is 374 g/mol. The van der Waals surface area contributed by atoms with Crippen molar-refractivity contribution in [2.45, 2.75) is 65.3 Å². The standard InChI is InChI=1S/C22H35N3O2/c1-4-20(19-13-12-17-10-7-8-11-18(17)16-19)24-22(27)21(26)23-14-9-15-25(5-2)6-3/h12-13,16,20H,4-11,14-15H2,1-3H3,(H,23,26)(H,24,27). The largest absolute Gasteiger partial charge is 0.348 e. The topological polar surface area (TPSA) is 61.4 Å². The second kappa shape index (κ2) is 11.1. The Balaban J connectivity index is 1.84. The summed E-state index contributed by atoms with van der Waals surface area (Å²) in [5.41, 5.74) is 3.92. The van der Waals surface area contributed by atoms with Gasteiger partial charge in [0, 0.05) is 6.54 Å². The van der Waals surface area contributed by atoms with E-state index < -0.39 is 11.8 Å². The zero-order valence-corrected chi connectivity index (χ0v) is 17.1. The Labute approximate surface area is 163 Å². The van der Waals surface area contributed by atoms with Crippen molar-refractivity contribution < 1.29 is 9.59 Å². The lowest BCUT2D eigenvalue weighted by atomic mass is 9.89. The molecule has 2 rings (SSSR count). The lowest BCUT2D eigenvalue weighted by molar-refractivity contribution is -0.139. The molecule has 0 saturated heterocycles. The molecule has 27 heavy (non-hydrogen) atoms. The van der Waals surface area contributed by atoms with Gasteiger partial charge < -0.3 is 15.5 Å². The van der Waals surface area contributed by atoms with E-state index in [1.165, 1.54) is 24.0 Å². The van der Waals surface area contributed by atoms with Gasteiger partial charge in [-0.2, -0.15) is 0 Å². The van der Waals surface area contributed by atoms with Gasteiger partial charge in [0.05, 0.1) is 6.04 Å². The number of rotatable bonds is 9. The quantitative estimate of drug-likeness (QED) is 0.517. The summed E-state index contributed by atoms with van der Waals surface area (Å²) in [5, 5.41) is 5.64. The average Bonchev–Trinajstić information content (AvgIpc) is 2.71. The molecule has 0 spiro atoms. The van der Waals surface area contributed by atoms with Gasteiger partial charge in [0.25, 0.3) is 0 Å². The fourth-order valence-corrected chi connectivity index (χ4v) is 3.74. The van der Waals surface area contributed by atoms with Crippen molar-refractivity contribution >= 4 is 11.8 Å². The van der Waals surface area contributed by atoms with E-state index in [4.69, 9.17) is 0 Å². The summed E-state index contributed by atoms with van der Waals surface area (Å²) in [6.45, 7) is 9.75. The van der Waals surface area contributed by atoms with Crippen LogP contribution in [0.3, 0.4) is 0 Å². The number of carbonyl (C=O) groups is 2. The molecule has 1 aliphatic carbocycles. The van der Waals surface area contributed by atoms with Crippen molar-refractivity contribution in [2.75, 3.05) is 26.2 Å². The number of benzene rings is 1. The van der Waals surface area contributed by atoms with Crippen LogP contribution in [-0.4, -0.2) is 42.9 Å². The van der Waals surface area contributed by atoms with Gasteiger partial charge >= 0.3 is 11.8 Å². The second-order valence-electron chi connectivity index (χ2n) is 7.31. The highest BCUT2D eigenvalue weighted by Crippen LogP contribution is 2.26. The fraction of sp³-hybridized carbons (Fsp3) is 0.636. The van der Waals surface area contributed by atoms with Crippen LogP contribution >= 0.6 is 0 Å². The molecule has 0 radical (unpaired) electrons. The number of carbonyl (C=O) groups excluding carboxylic acids is 2. The lowest BCUT2D eigenvalue weighted by Crippen LogP contribution is -2.42. The van der Waals surface area contributed by atoms with Crippen molar-refractivity contribution in [3.63, 3.8) is 0 Å². The first kappa shape index (κ1) is 21.4. The van der Waals surface area contributed by atoms with Gasteiger partial charge in [-0.05, 0) is 74.8 Å². The van der Waals surface area contributed by atoms with Crippen molar-refractivity contribution in [1.29, 1.82) is 0 Å². The van der Waals surface area contributed by atoms with Gasteiger partial charge in [-0.1, -0.05) is 39.0 Å². The monoisotopic (exact) mass is 373 g/mol. The van der Waals surface area contributed by atoms with Crippen LogP contribution in [0.25, 0.3) is 0 Å². The molecule has 5 heteroatoms. The molecule has 150 valence electrons. The summed E-state index contributed by atoms with van der Waals surface area (Å²) in [5.74, 6) is -1.08. The van der Waals surface area contributed by atoms with Gasteiger partial charge in [0.2, 0.25) is 0 Å². The molecule has 0 aromatic heterocycles. The Morgan fingerprint density at radius 1 is 1.04 bits per heavy atom. The highest BCUT2D eigenvalue weighted by Gasteiger charge is 2.20. The maximum absolute atomic E-state index is 12.3. The van der Waals surface area contributed by atoms with E-state index in [0.717, 1.165) is 50.9 Å². The number of hydrogen-bond donors (Lipinski definition) is 2. The Bertz CT molecular complexity index is 626. The van der Waals surface area contributed by atoms with Crippen LogP contribution in [0.2, 0.25) is 0 Å². The van der Waals surface area contributed by atoms with Crippen molar-refractivity contribution in [3.8, 4) is 0 Å². The molecule has 1 atom stereocenters. The molecule has 2 amide bonds. The van der Waals surface area contributed by atoms with Crippen molar-refractivity contribution in [2.24, 2.45) is 0 Å². The molecule has 0 saturated carbocycles. The van der Waals surface area contributed by atoms with Gasteiger partial charge in [-0.25, -0.2) is 0 Å². The van der Waals surface area contributed by atoms with Gasteiger partial charge in [0.15, 0.2) is 0 Å². The van der Waals surface area contributed by atoms with Crippen LogP contribution in [0.15, 0.2) is 18.2 Å². The van der Waals surface area contributed by atoms with E-state index in [1.807, 2.05) is 6.92 Å². The van der Waals surface area contributed by atoms with E-state index in [1.54, 1.807) is 0 Å². The van der Waals surface area contributed by atoms with E-state index in [9.17, 15) is 9.59 Å². The molecule has 0 bridgehead atoms. The third kappa shape index (κ3) is 6.35. The molecule has 1 aromatic rings. The lowest BCUT2D eigenvalue weighted by Gasteiger charge is -2.21. The third-order valence-electron chi connectivity index (χ3n) is 5.53. The number of hydrogen-bond acceptors (Lipinski definition) is 3. The summed E-state index contributed by atoms with van der Waals surface area (Å²) in [6, 6.07) is 6.38. The predicted molar refractivity (Wildman–Crippen MR) is 110 cm³/mol. The molecule has 0 aliphatic heterocycles. The highest BCUT2D eigenvalue weighted by atomic mass is 16.2. The SMILES string of the molecule is CCC(NC(=O)C(=O)NCCCN(CC)CC)c1ccc2c(c1)CCCC2. The zero-order chi connectivity index (χ0) is 19.6. The number of amides is 2. The maximum Gasteiger partial charge on any atom is 0.309 e. The first-order chi connectivity index (χ1) is 13.1. The zero-order valence-electron chi connectivity index (χ0n) is 17.1. The predicted octanol–water partition coefficient (Wildman–Crippen LogP) is 2.98. The molecule has 0 heterocycles. The smallest absolute Gasteiger partial charge is 0.309 e. The van der Waals surface area contributed by atoms with E-state index in [-0.39, 0.29) is 6.04 Å². The summed E-state index contributed by atoms with van der Waals surface area (Å²) >= 11 is 0. The van der Waals surface area contributed by atoms with Crippen molar-refractivity contribution in [1.82, 2.24) is 15.5 Å². The third-order valence-corrected chi connectivity index (χ3v) is 5.53. The minimum atomic E-state index is -0.539. The van der Waals surface area contributed by atoms with E-state index in [2.05, 4.69) is 47.6 Å². The first-order valence-electron chi connectivity index (χ1n) is 10.5. The van der Waals surface area contributed by atoms with Gasteiger partial charge in [0.1, 0.15) is 0 Å². The summed E-state index contributed by atoms with van der Waals surface area (Å²) < 4.78 is 0. The van der Waals surface area contributed by atoms with Crippen LogP contribution in [0.4, 0.5) is 0 Å². The van der Waals surface area contributed by atoms with E-state index >= 15 is 0 Å². The first-order valence-corrected chi connectivity index (χ1v) is 10.5. The summed E-state index contributed by atoms with van der Waals surface area (Å²) in [6.07, 6.45) is 6.36. The fourth-order valence-electron chi connectivity index (χ4n) is 3.74. The molecule has 0 fully saturated rings. The Kier molecular flexibility index (Phi) is 8.79. The normalized spacial score (nSPS) is 14.5. The van der Waals surface area contributed by atoms with Crippen LogP contribution in [0.5, 0.6) is 0 Å². The minimum Gasteiger partial charge on any atom is -0.348 e. The number of nitrogens with one attached hydrogen (secondary N) is 2. The van der Waals surface area contributed by atoms with Crippen LogP contribution in [0, 0.1) is 0 Å². The van der Waals surface area contributed by atoms with E-state index in [0.29, 0.717) is 6.54 Å². The molecular weight excluding hydrogens is 338 g/mol. The Morgan fingerprint density at radius 2 is 1.74 bits per heavy atom. The molecule has 1 unspecified atom stereocenters. The number of nitrogens with zero attached hydrogens (tertiary/aromatic N) is 1. The number of fused-ring (bicyclic) bond motifs is 1. The molecule has 2 N–H and O–H groups in total. The van der Waals surface area contributed by atoms with Crippen LogP contribution < -0.4 is 10.6 Å². The number of aryl methyl sites for hydroxylation is 2. The second-order valence-corrected chi connectivity index (χ2v) is 7.31. The molecular formula is C22H35N3O2. The van der Waals surface area contributed by atoms with Crippen LogP contribution in [-0.2, 0) is 22.4 Å². The van der Waals surface area contributed by atoms with Crippen molar-refractivity contribution in [3.05, 3.63) is 34.9 Å². The highest BCUT2D eigenvalue weighted by molar-refractivity contribution is 6.35. The Morgan fingerprint density at radius 3 is 2.41 bits per heavy atom. The summed E-state index contributed by atoms with van der Waals surface area (Å²) in [4.78, 5) is 26.7. The molecule has 1 aromatic carbocycles. The molecule has 1 aliphatic rings. The van der Waals surface area contributed by atoms with Gasteiger partial charge in [-0.3, -0.25) is 9.59 Å². The molecule has 5 nitrogen and oxygen atoms in total. The van der Waals surface area contributed by atoms with Crippen LogP contribution in [0.1, 0.15) is 69.2 Å². The minimum absolute atomic E-state index is 0.119. The maximum atomic E-state index is 12.3. The van der Waals surface area contributed by atoms with Gasteiger partial charge in [-0.15, -0.1) is 0 Å². The Hall–Kier alpha value is -1.88.